The van der Waals surface area contributed by atoms with E-state index in [1.165, 1.54) is 5.56 Å². The second kappa shape index (κ2) is 4.09. The Morgan fingerprint density at radius 1 is 1.14 bits per heavy atom. The minimum atomic E-state index is -0.858. The minimum Gasteiger partial charge on any atom is -0.478 e. The van der Waals surface area contributed by atoms with Crippen molar-refractivity contribution in [3.63, 3.8) is 0 Å². The summed E-state index contributed by atoms with van der Waals surface area (Å²) in [6, 6.07) is 7.84. The summed E-state index contributed by atoms with van der Waals surface area (Å²) in [6.45, 7) is 5.46. The summed E-state index contributed by atoms with van der Waals surface area (Å²) in [7, 11) is 0. The Hall–Kier alpha value is -1.57. The molecule has 0 saturated carbocycles. The fourth-order valence-corrected chi connectivity index (χ4v) is 1.18. The van der Waals surface area contributed by atoms with Crippen LogP contribution in [0.4, 0.5) is 0 Å². The summed E-state index contributed by atoms with van der Waals surface area (Å²) >= 11 is 0. The molecule has 0 heterocycles. The van der Waals surface area contributed by atoms with E-state index in [1.807, 2.05) is 38.1 Å². The Morgan fingerprint density at radius 3 is 2.07 bits per heavy atom. The smallest absolute Gasteiger partial charge is 0.331 e. The van der Waals surface area contributed by atoms with Gasteiger partial charge in [0.1, 0.15) is 0 Å². The lowest BCUT2D eigenvalue weighted by Gasteiger charge is -2.04. The average Bonchev–Trinajstić information content (AvgIpc) is 2.16. The van der Waals surface area contributed by atoms with Crippen molar-refractivity contribution >= 4 is 11.5 Å². The summed E-state index contributed by atoms with van der Waals surface area (Å²) in [5, 5.41) is 8.81. The molecule has 0 unspecified atom stereocenters. The number of benzene rings is 1. The van der Waals surface area contributed by atoms with Crippen LogP contribution in [0.15, 0.2) is 29.8 Å². The van der Waals surface area contributed by atoms with E-state index in [1.54, 1.807) is 6.92 Å². The van der Waals surface area contributed by atoms with Crippen LogP contribution >= 0.6 is 0 Å². The number of carboxylic acids is 1. The van der Waals surface area contributed by atoms with Crippen molar-refractivity contribution in [1.29, 1.82) is 0 Å². The van der Waals surface area contributed by atoms with E-state index in [-0.39, 0.29) is 0 Å². The summed E-state index contributed by atoms with van der Waals surface area (Å²) in [6.07, 6.45) is 0. The van der Waals surface area contributed by atoms with E-state index in [0.29, 0.717) is 5.57 Å². The zero-order valence-corrected chi connectivity index (χ0v) is 8.66. The zero-order chi connectivity index (χ0) is 10.7. The van der Waals surface area contributed by atoms with Crippen molar-refractivity contribution in [2.75, 3.05) is 0 Å². The molecule has 0 radical (unpaired) electrons. The first kappa shape index (κ1) is 10.5. The van der Waals surface area contributed by atoms with Crippen LogP contribution in [0.3, 0.4) is 0 Å². The fraction of sp³-hybridized carbons (Fsp3) is 0.250. The molecule has 0 fully saturated rings. The summed E-state index contributed by atoms with van der Waals surface area (Å²) < 4.78 is 0. The van der Waals surface area contributed by atoms with Crippen molar-refractivity contribution in [3.05, 3.63) is 41.0 Å². The highest BCUT2D eigenvalue weighted by Gasteiger charge is 2.06. The van der Waals surface area contributed by atoms with Gasteiger partial charge in [0.25, 0.3) is 0 Å². The molecule has 1 aromatic carbocycles. The molecular weight excluding hydrogens is 176 g/mol. The summed E-state index contributed by atoms with van der Waals surface area (Å²) in [4.78, 5) is 10.7. The van der Waals surface area contributed by atoms with E-state index >= 15 is 0 Å². The van der Waals surface area contributed by atoms with Crippen molar-refractivity contribution in [2.45, 2.75) is 20.8 Å². The minimum absolute atomic E-state index is 0.397. The first-order valence-electron chi connectivity index (χ1n) is 4.50. The van der Waals surface area contributed by atoms with Crippen molar-refractivity contribution in [3.8, 4) is 0 Å². The summed E-state index contributed by atoms with van der Waals surface area (Å²) in [5.74, 6) is -0.858. The van der Waals surface area contributed by atoms with E-state index in [9.17, 15) is 4.79 Å². The third-order valence-electron chi connectivity index (χ3n) is 2.37. The van der Waals surface area contributed by atoms with Gasteiger partial charge in [0.2, 0.25) is 0 Å². The first-order valence-corrected chi connectivity index (χ1v) is 4.50. The lowest BCUT2D eigenvalue weighted by atomic mass is 10.0. The number of allylic oxidation sites excluding steroid dienone is 1. The van der Waals surface area contributed by atoms with Gasteiger partial charge >= 0.3 is 5.97 Å². The molecule has 0 saturated heterocycles. The number of hydrogen-bond donors (Lipinski definition) is 1. The van der Waals surface area contributed by atoms with Gasteiger partial charge in [-0.15, -0.1) is 0 Å². The molecule has 2 nitrogen and oxygen atoms in total. The van der Waals surface area contributed by atoms with Crippen LogP contribution in [0.25, 0.3) is 5.57 Å². The van der Waals surface area contributed by atoms with Crippen LogP contribution in [-0.2, 0) is 4.79 Å². The molecule has 1 N–H and O–H groups in total. The Bertz CT molecular complexity index is 372. The highest BCUT2D eigenvalue weighted by Crippen LogP contribution is 2.18. The third kappa shape index (κ3) is 2.22. The Kier molecular flexibility index (Phi) is 3.07. The largest absolute Gasteiger partial charge is 0.478 e. The van der Waals surface area contributed by atoms with Crippen LogP contribution in [0.5, 0.6) is 0 Å². The molecule has 0 bridgehead atoms. The maximum absolute atomic E-state index is 10.7. The molecule has 1 aromatic rings. The number of carboxylic acid groups (broad SMARTS) is 1. The Morgan fingerprint density at radius 2 is 1.64 bits per heavy atom. The molecule has 14 heavy (non-hydrogen) atoms. The maximum atomic E-state index is 10.7. The molecule has 0 spiro atoms. The molecule has 2 heteroatoms. The van der Waals surface area contributed by atoms with Gasteiger partial charge in [0.05, 0.1) is 0 Å². The maximum Gasteiger partial charge on any atom is 0.331 e. The van der Waals surface area contributed by atoms with Gasteiger partial charge in [-0.2, -0.15) is 0 Å². The quantitative estimate of drug-likeness (QED) is 0.728. The first-order chi connectivity index (χ1) is 6.52. The van der Waals surface area contributed by atoms with E-state index < -0.39 is 5.97 Å². The number of aryl methyl sites for hydroxylation is 1. The number of aliphatic carboxylic acids is 1. The topological polar surface area (TPSA) is 37.3 Å². The van der Waals surface area contributed by atoms with Gasteiger partial charge < -0.3 is 5.11 Å². The lowest BCUT2D eigenvalue weighted by molar-refractivity contribution is -0.132. The summed E-state index contributed by atoms with van der Waals surface area (Å²) in [5.41, 5.74) is 3.36. The monoisotopic (exact) mass is 190 g/mol. The Labute approximate surface area is 83.9 Å². The van der Waals surface area contributed by atoms with Crippen LogP contribution in [0, 0.1) is 6.92 Å². The fourth-order valence-electron chi connectivity index (χ4n) is 1.18. The standard InChI is InChI=1S/C12H14O2/c1-8-4-6-11(7-5-8)9(2)10(3)12(13)14/h4-7H,1-3H3,(H,13,14)/b10-9+. The number of carbonyl (C=O) groups is 1. The van der Waals surface area contributed by atoms with E-state index in [2.05, 4.69) is 0 Å². The lowest BCUT2D eigenvalue weighted by Crippen LogP contribution is -1.99. The van der Waals surface area contributed by atoms with Gasteiger partial charge in [0.15, 0.2) is 0 Å². The molecule has 0 aliphatic carbocycles. The Balaban J connectivity index is 3.12. The van der Waals surface area contributed by atoms with Gasteiger partial charge in [-0.3, -0.25) is 0 Å². The SMILES string of the molecule is C/C(C(=O)O)=C(/C)c1ccc(C)cc1. The molecule has 0 aromatic heterocycles. The highest BCUT2D eigenvalue weighted by molar-refractivity contribution is 5.95. The average molecular weight is 190 g/mol. The molecule has 0 amide bonds. The predicted molar refractivity (Wildman–Crippen MR) is 57.1 cm³/mol. The van der Waals surface area contributed by atoms with Crippen LogP contribution < -0.4 is 0 Å². The highest BCUT2D eigenvalue weighted by atomic mass is 16.4. The predicted octanol–water partition coefficient (Wildman–Crippen LogP) is 2.87. The van der Waals surface area contributed by atoms with Crippen molar-refractivity contribution in [1.82, 2.24) is 0 Å². The molecule has 74 valence electrons. The van der Waals surface area contributed by atoms with Gasteiger partial charge in [0, 0.05) is 5.57 Å². The van der Waals surface area contributed by atoms with Crippen LogP contribution in [-0.4, -0.2) is 11.1 Å². The second-order valence-corrected chi connectivity index (χ2v) is 3.42. The third-order valence-corrected chi connectivity index (χ3v) is 2.37. The molecule has 0 aliphatic heterocycles. The van der Waals surface area contributed by atoms with E-state index in [4.69, 9.17) is 5.11 Å². The number of hydrogen-bond acceptors (Lipinski definition) is 1. The van der Waals surface area contributed by atoms with Gasteiger partial charge in [-0.25, -0.2) is 4.79 Å². The number of rotatable bonds is 2. The normalized spacial score (nSPS) is 12.2. The van der Waals surface area contributed by atoms with E-state index in [0.717, 1.165) is 11.1 Å². The zero-order valence-electron chi connectivity index (χ0n) is 8.66. The van der Waals surface area contributed by atoms with Crippen LogP contribution in [0.1, 0.15) is 25.0 Å². The molecular formula is C12H14O2. The molecule has 1 rings (SSSR count). The van der Waals surface area contributed by atoms with Crippen molar-refractivity contribution in [2.24, 2.45) is 0 Å². The molecule has 0 aliphatic rings. The van der Waals surface area contributed by atoms with Crippen molar-refractivity contribution < 1.29 is 9.90 Å². The van der Waals surface area contributed by atoms with Crippen LogP contribution in [0.2, 0.25) is 0 Å². The second-order valence-electron chi connectivity index (χ2n) is 3.42. The van der Waals surface area contributed by atoms with Gasteiger partial charge in [-0.05, 0) is 31.9 Å². The molecule has 0 atom stereocenters. The van der Waals surface area contributed by atoms with Gasteiger partial charge in [-0.1, -0.05) is 29.8 Å².